The molecule has 1 unspecified atom stereocenters. The van der Waals surface area contributed by atoms with Crippen LogP contribution < -0.4 is 16.4 Å². The topological polar surface area (TPSA) is 127 Å². The molecule has 1 heterocycles. The van der Waals surface area contributed by atoms with Crippen molar-refractivity contribution in [2.45, 2.75) is 51.4 Å². The number of nitrogens with two attached hydrogens (primary N) is 2. The number of carboxylic acids is 1. The number of hydrogen-bond acceptors (Lipinski definition) is 5. The fourth-order valence-electron chi connectivity index (χ4n) is 4.79. The molecule has 0 spiro atoms. The number of amides is 2. The number of primary amides is 1. The Morgan fingerprint density at radius 1 is 1.15 bits per heavy atom. The molecule has 2 aromatic rings. The van der Waals surface area contributed by atoms with Crippen molar-refractivity contribution in [3.8, 4) is 0 Å². The summed E-state index contributed by atoms with van der Waals surface area (Å²) in [6, 6.07) is 13.5. The highest BCUT2D eigenvalue weighted by Crippen LogP contribution is 2.34. The van der Waals surface area contributed by atoms with Gasteiger partial charge < -0.3 is 21.5 Å². The minimum atomic E-state index is -1.37. The Labute approximate surface area is 204 Å². The highest BCUT2D eigenvalue weighted by molar-refractivity contribution is 6.30. The summed E-state index contributed by atoms with van der Waals surface area (Å²) >= 11 is 6.24. The van der Waals surface area contributed by atoms with E-state index in [4.69, 9.17) is 23.1 Å². The van der Waals surface area contributed by atoms with Gasteiger partial charge in [0, 0.05) is 35.7 Å². The lowest BCUT2D eigenvalue weighted by atomic mass is 10.0. The van der Waals surface area contributed by atoms with Gasteiger partial charge in [0.25, 0.3) is 5.91 Å². The minimum absolute atomic E-state index is 0.193. The number of likely N-dealkylation sites (tertiary alicyclic amines) is 1. The van der Waals surface area contributed by atoms with Crippen molar-refractivity contribution < 1.29 is 24.0 Å². The van der Waals surface area contributed by atoms with Gasteiger partial charge in [-0.3, -0.25) is 4.79 Å². The maximum Gasteiger partial charge on any atom is 0.334 e. The van der Waals surface area contributed by atoms with Gasteiger partial charge in [0.1, 0.15) is 18.6 Å². The largest absolute Gasteiger partial charge is 0.480 e. The van der Waals surface area contributed by atoms with Crippen LogP contribution in [0.5, 0.6) is 0 Å². The van der Waals surface area contributed by atoms with E-state index in [-0.39, 0.29) is 30.0 Å². The number of anilines is 1. The van der Waals surface area contributed by atoms with E-state index >= 15 is 0 Å². The number of halogens is 1. The van der Waals surface area contributed by atoms with Gasteiger partial charge >= 0.3 is 11.9 Å². The van der Waals surface area contributed by atoms with Gasteiger partial charge in [-0.25, -0.2) is 14.1 Å². The molecule has 3 rings (SSSR count). The molecule has 1 aliphatic rings. The molecule has 1 saturated heterocycles. The quantitative estimate of drug-likeness (QED) is 0.467. The predicted molar refractivity (Wildman–Crippen MR) is 131 cm³/mol. The van der Waals surface area contributed by atoms with Gasteiger partial charge in [0.2, 0.25) is 0 Å². The van der Waals surface area contributed by atoms with E-state index in [1.54, 1.807) is 55.1 Å². The highest BCUT2D eigenvalue weighted by atomic mass is 35.5. The Balaban J connectivity index is 2.08. The van der Waals surface area contributed by atoms with Crippen LogP contribution in [0, 0.1) is 0 Å². The molecule has 0 bridgehead atoms. The number of carboxylic acid groups (broad SMARTS) is 1. The number of aliphatic carboxylic acids is 1. The summed E-state index contributed by atoms with van der Waals surface area (Å²) in [4.78, 5) is 40.3. The van der Waals surface area contributed by atoms with Crippen LogP contribution in [0.3, 0.4) is 0 Å². The molecular weight excluding hydrogens is 456 g/mol. The van der Waals surface area contributed by atoms with Crippen LogP contribution in [0.2, 0.25) is 5.02 Å². The predicted octanol–water partition coefficient (Wildman–Crippen LogP) is 2.66. The summed E-state index contributed by atoms with van der Waals surface area (Å²) in [7, 11) is 0. The van der Waals surface area contributed by atoms with Crippen LogP contribution in [-0.4, -0.2) is 52.0 Å². The maximum absolute atomic E-state index is 14.1. The van der Waals surface area contributed by atoms with Crippen molar-refractivity contribution in [2.24, 2.45) is 11.5 Å². The molecule has 5 N–H and O–H groups in total. The molecule has 2 aromatic carbocycles. The zero-order valence-corrected chi connectivity index (χ0v) is 20.3. The molecule has 0 aliphatic carbocycles. The highest BCUT2D eigenvalue weighted by Gasteiger charge is 2.52. The van der Waals surface area contributed by atoms with E-state index in [2.05, 4.69) is 0 Å². The lowest BCUT2D eigenvalue weighted by molar-refractivity contribution is -0.870. The zero-order valence-electron chi connectivity index (χ0n) is 19.5. The number of nitrogens with zero attached hydrogens (tertiary/aromatic N) is 2. The minimum Gasteiger partial charge on any atom is -0.480 e. The van der Waals surface area contributed by atoms with Crippen molar-refractivity contribution >= 4 is 35.1 Å². The van der Waals surface area contributed by atoms with Gasteiger partial charge in [0.05, 0.1) is 6.54 Å². The SMILES string of the molecule is CC(C)(C(=O)O)N(CC(=O)[N+]1(Cc2cc(Cl)ccc2CN)CCC[C@H]1C(N)=O)c1ccccc1. The van der Waals surface area contributed by atoms with Crippen LogP contribution in [0.25, 0.3) is 0 Å². The van der Waals surface area contributed by atoms with Gasteiger partial charge in [-0.2, -0.15) is 0 Å². The molecule has 8 nitrogen and oxygen atoms in total. The molecule has 2 amide bonds. The Morgan fingerprint density at radius 3 is 2.41 bits per heavy atom. The summed E-state index contributed by atoms with van der Waals surface area (Å²) < 4.78 is -0.193. The van der Waals surface area contributed by atoms with Gasteiger partial charge in [0.15, 0.2) is 6.04 Å². The number of carbonyl (C=O) groups excluding carboxylic acids is 2. The van der Waals surface area contributed by atoms with Crippen molar-refractivity contribution in [1.82, 2.24) is 0 Å². The number of carbonyl (C=O) groups is 3. The average Bonchev–Trinajstić information content (AvgIpc) is 3.23. The van der Waals surface area contributed by atoms with E-state index in [1.807, 2.05) is 12.1 Å². The second-order valence-corrected chi connectivity index (χ2v) is 9.71. The lowest BCUT2D eigenvalue weighted by Gasteiger charge is -2.41. The summed E-state index contributed by atoms with van der Waals surface area (Å²) in [5.74, 6) is -1.89. The van der Waals surface area contributed by atoms with E-state index < -0.39 is 23.5 Å². The second-order valence-electron chi connectivity index (χ2n) is 9.27. The van der Waals surface area contributed by atoms with Gasteiger partial charge in [-0.1, -0.05) is 35.9 Å². The van der Waals surface area contributed by atoms with Crippen LogP contribution in [0.4, 0.5) is 5.69 Å². The van der Waals surface area contributed by atoms with Crippen molar-refractivity contribution in [3.63, 3.8) is 0 Å². The lowest BCUT2D eigenvalue weighted by Crippen LogP contribution is -2.64. The maximum atomic E-state index is 14.1. The molecule has 182 valence electrons. The molecule has 2 atom stereocenters. The van der Waals surface area contributed by atoms with E-state index in [0.717, 1.165) is 11.1 Å². The molecule has 34 heavy (non-hydrogen) atoms. The van der Waals surface area contributed by atoms with E-state index in [0.29, 0.717) is 30.1 Å². The molecule has 0 saturated carbocycles. The smallest absolute Gasteiger partial charge is 0.334 e. The molecule has 0 radical (unpaired) electrons. The van der Waals surface area contributed by atoms with E-state index in [1.165, 1.54) is 0 Å². The summed E-state index contributed by atoms with van der Waals surface area (Å²) in [5.41, 5.74) is 12.5. The number of rotatable bonds is 9. The molecule has 1 fully saturated rings. The summed E-state index contributed by atoms with van der Waals surface area (Å²) in [6.07, 6.45) is 1.12. The normalized spacial score (nSPS) is 20.2. The molecule has 9 heteroatoms. The summed E-state index contributed by atoms with van der Waals surface area (Å²) in [6.45, 7) is 3.78. The van der Waals surface area contributed by atoms with Crippen LogP contribution in [0.1, 0.15) is 37.8 Å². The van der Waals surface area contributed by atoms with Crippen molar-refractivity contribution in [3.05, 3.63) is 64.7 Å². The van der Waals surface area contributed by atoms with Gasteiger partial charge in [-0.15, -0.1) is 0 Å². The van der Waals surface area contributed by atoms with Gasteiger partial charge in [-0.05, 0) is 43.7 Å². The first-order valence-electron chi connectivity index (χ1n) is 11.3. The number of hydrogen-bond donors (Lipinski definition) is 3. The third-order valence-corrected chi connectivity index (χ3v) is 7.09. The van der Waals surface area contributed by atoms with Crippen molar-refractivity contribution in [2.75, 3.05) is 18.0 Å². The Morgan fingerprint density at radius 2 is 1.82 bits per heavy atom. The molecule has 1 aliphatic heterocycles. The summed E-state index contributed by atoms with van der Waals surface area (Å²) in [5, 5.41) is 10.4. The van der Waals surface area contributed by atoms with Crippen LogP contribution in [-0.2, 0) is 27.5 Å². The Hall–Kier alpha value is -2.94. The van der Waals surface area contributed by atoms with Crippen LogP contribution >= 0.6 is 11.6 Å². The molecule has 0 aromatic heterocycles. The zero-order chi connectivity index (χ0) is 25.1. The van der Waals surface area contributed by atoms with Crippen molar-refractivity contribution in [1.29, 1.82) is 0 Å². The first kappa shape index (κ1) is 25.7. The second kappa shape index (κ2) is 10.1. The van der Waals surface area contributed by atoms with Crippen LogP contribution in [0.15, 0.2) is 48.5 Å². The number of quaternary nitrogens is 1. The third-order valence-electron chi connectivity index (χ3n) is 6.86. The number of benzene rings is 2. The fourth-order valence-corrected chi connectivity index (χ4v) is 4.98. The fraction of sp³-hybridized carbons (Fsp3) is 0.400. The Bertz CT molecular complexity index is 1080. The number of para-hydroxylation sites is 1. The first-order chi connectivity index (χ1) is 16.0. The monoisotopic (exact) mass is 487 g/mol. The Kier molecular flexibility index (Phi) is 7.65. The van der Waals surface area contributed by atoms with E-state index in [9.17, 15) is 19.5 Å². The standard InChI is InChI=1S/C25H31ClN4O4/c1-25(2,24(33)34)29(20-7-4-3-5-8-20)15-22(31)30(12-6-9-21(30)23(28)32)16-18-13-19(26)11-10-17(18)14-27/h3-5,7-8,10-11,13,21H,6,9,12,14-16,27H2,1-2H3,(H2-,28,32,33,34)/p+1/t21-,30?/m0/s1. The molecular formula is C25H32ClN4O4+. The average molecular weight is 488 g/mol. The third kappa shape index (κ3) is 4.94. The first-order valence-corrected chi connectivity index (χ1v) is 11.6.